The van der Waals surface area contributed by atoms with E-state index in [-0.39, 0.29) is 27.9 Å². The Morgan fingerprint density at radius 1 is 0.926 bits per heavy atom. The summed E-state index contributed by atoms with van der Waals surface area (Å²) in [5, 5.41) is 13.6. The second-order valence-electron chi connectivity index (χ2n) is 5.14. The van der Waals surface area contributed by atoms with Crippen LogP contribution in [0.5, 0.6) is 28.7 Å². The lowest BCUT2D eigenvalue weighted by atomic mass is 10.2. The van der Waals surface area contributed by atoms with E-state index >= 15 is 0 Å². The van der Waals surface area contributed by atoms with Crippen LogP contribution in [0, 0.1) is 0 Å². The number of sulfonamides is 1. The number of nitrogens with one attached hydrogen (secondary N) is 1. The molecule has 0 fully saturated rings. The first-order chi connectivity index (χ1) is 12.9. The lowest BCUT2D eigenvalue weighted by Gasteiger charge is -2.11. The molecule has 146 valence electrons. The summed E-state index contributed by atoms with van der Waals surface area (Å²) in [4.78, 5) is 2.01. The number of phenolic OH excluding ortho intramolecular Hbond substituents is 1. The van der Waals surface area contributed by atoms with Crippen LogP contribution in [0.15, 0.2) is 40.3 Å². The van der Waals surface area contributed by atoms with Crippen molar-refractivity contribution in [1.29, 1.82) is 0 Å². The number of hydrogen-bond donors (Lipinski definition) is 2. The van der Waals surface area contributed by atoms with E-state index in [1.54, 1.807) is 0 Å². The van der Waals surface area contributed by atoms with Gasteiger partial charge in [-0.05, 0) is 24.3 Å². The molecule has 0 saturated heterocycles. The Morgan fingerprint density at radius 3 is 2.04 bits per heavy atom. The SMILES string of the molecule is COc1ccc(S(=O)(=O)NN=Cc2cc(OC)c(O)c(OC)c2)c(OC)c1. The molecule has 0 radical (unpaired) electrons. The van der Waals surface area contributed by atoms with Crippen LogP contribution in [-0.2, 0) is 10.0 Å². The van der Waals surface area contributed by atoms with Gasteiger partial charge < -0.3 is 24.1 Å². The summed E-state index contributed by atoms with van der Waals surface area (Å²) in [7, 11) is 1.61. The largest absolute Gasteiger partial charge is 0.502 e. The minimum absolute atomic E-state index is 0.0937. The molecular weight excluding hydrogens is 376 g/mol. The minimum atomic E-state index is -3.98. The number of aromatic hydroxyl groups is 1. The van der Waals surface area contributed by atoms with E-state index < -0.39 is 10.0 Å². The van der Waals surface area contributed by atoms with Gasteiger partial charge in [0.2, 0.25) is 5.75 Å². The molecular formula is C17H20N2O7S. The van der Waals surface area contributed by atoms with E-state index in [9.17, 15) is 13.5 Å². The zero-order chi connectivity index (χ0) is 20.0. The van der Waals surface area contributed by atoms with E-state index in [1.807, 2.05) is 0 Å². The quantitative estimate of drug-likeness (QED) is 0.516. The second kappa shape index (κ2) is 8.49. The molecule has 0 spiro atoms. The van der Waals surface area contributed by atoms with Crippen molar-refractivity contribution in [3.05, 3.63) is 35.9 Å². The predicted octanol–water partition coefficient (Wildman–Crippen LogP) is 1.74. The van der Waals surface area contributed by atoms with Gasteiger partial charge in [0, 0.05) is 11.6 Å². The van der Waals surface area contributed by atoms with Gasteiger partial charge in [-0.15, -0.1) is 0 Å². The fourth-order valence-electron chi connectivity index (χ4n) is 2.20. The Morgan fingerprint density at radius 2 is 1.52 bits per heavy atom. The van der Waals surface area contributed by atoms with Crippen LogP contribution in [0.3, 0.4) is 0 Å². The number of rotatable bonds is 8. The molecule has 0 saturated carbocycles. The Labute approximate surface area is 157 Å². The van der Waals surface area contributed by atoms with Crippen LogP contribution >= 0.6 is 0 Å². The zero-order valence-electron chi connectivity index (χ0n) is 15.2. The number of methoxy groups -OCH3 is 4. The maximum absolute atomic E-state index is 12.5. The van der Waals surface area contributed by atoms with Gasteiger partial charge >= 0.3 is 0 Å². The maximum atomic E-state index is 12.5. The average molecular weight is 396 g/mol. The highest BCUT2D eigenvalue weighted by Crippen LogP contribution is 2.36. The van der Waals surface area contributed by atoms with Crippen molar-refractivity contribution in [2.45, 2.75) is 4.90 Å². The highest BCUT2D eigenvalue weighted by Gasteiger charge is 2.19. The molecule has 0 bridgehead atoms. The van der Waals surface area contributed by atoms with Gasteiger partial charge in [0.1, 0.15) is 16.4 Å². The second-order valence-corrected chi connectivity index (χ2v) is 6.77. The highest BCUT2D eigenvalue weighted by atomic mass is 32.2. The van der Waals surface area contributed by atoms with Crippen molar-refractivity contribution in [1.82, 2.24) is 4.83 Å². The summed E-state index contributed by atoms with van der Waals surface area (Å²) in [6.07, 6.45) is 1.25. The average Bonchev–Trinajstić information content (AvgIpc) is 2.68. The van der Waals surface area contributed by atoms with Crippen LogP contribution in [0.25, 0.3) is 0 Å². The summed E-state index contributed by atoms with van der Waals surface area (Å²) in [6.45, 7) is 0. The molecule has 0 heterocycles. The number of benzene rings is 2. The first kappa shape index (κ1) is 20.2. The van der Waals surface area contributed by atoms with Crippen molar-refractivity contribution >= 4 is 16.2 Å². The first-order valence-corrected chi connectivity index (χ1v) is 9.06. The van der Waals surface area contributed by atoms with Crippen molar-refractivity contribution in [2.75, 3.05) is 28.4 Å². The van der Waals surface area contributed by atoms with Crippen LogP contribution in [0.1, 0.15) is 5.56 Å². The Balaban J connectivity index is 2.28. The smallest absolute Gasteiger partial charge is 0.280 e. The molecule has 0 aliphatic rings. The summed E-state index contributed by atoms with van der Waals surface area (Å²) in [5.74, 6) is 0.731. The Hall–Kier alpha value is -3.14. The topological polar surface area (TPSA) is 116 Å². The molecule has 0 aromatic heterocycles. The molecule has 2 rings (SSSR count). The third-order valence-electron chi connectivity index (χ3n) is 3.55. The molecule has 9 nitrogen and oxygen atoms in total. The van der Waals surface area contributed by atoms with Crippen molar-refractivity contribution in [2.24, 2.45) is 5.10 Å². The zero-order valence-corrected chi connectivity index (χ0v) is 16.0. The van der Waals surface area contributed by atoms with Crippen LogP contribution in [-0.4, -0.2) is 48.2 Å². The Kier molecular flexibility index (Phi) is 6.35. The van der Waals surface area contributed by atoms with Gasteiger partial charge in [0.25, 0.3) is 10.0 Å². The van der Waals surface area contributed by atoms with Crippen LogP contribution in [0.4, 0.5) is 0 Å². The molecule has 2 aromatic carbocycles. The van der Waals surface area contributed by atoms with E-state index in [0.29, 0.717) is 11.3 Å². The summed E-state index contributed by atoms with van der Waals surface area (Å²) in [5.41, 5.74) is 0.450. The number of hydrazone groups is 1. The molecule has 0 unspecified atom stereocenters. The first-order valence-electron chi connectivity index (χ1n) is 7.58. The molecule has 0 aliphatic heterocycles. The van der Waals surface area contributed by atoms with Crippen LogP contribution in [0.2, 0.25) is 0 Å². The third kappa shape index (κ3) is 4.53. The van der Waals surface area contributed by atoms with E-state index in [2.05, 4.69) is 9.93 Å². The fraction of sp³-hybridized carbons (Fsp3) is 0.235. The summed E-state index contributed by atoms with van der Waals surface area (Å²) < 4.78 is 45.2. The minimum Gasteiger partial charge on any atom is -0.502 e. The molecule has 2 N–H and O–H groups in total. The van der Waals surface area contributed by atoms with Crippen LogP contribution < -0.4 is 23.8 Å². The van der Waals surface area contributed by atoms with E-state index in [0.717, 1.165) is 0 Å². The van der Waals surface area contributed by atoms with Gasteiger partial charge in [-0.3, -0.25) is 0 Å². The van der Waals surface area contributed by atoms with Gasteiger partial charge in [0.15, 0.2) is 11.5 Å². The molecule has 0 atom stereocenters. The predicted molar refractivity (Wildman–Crippen MR) is 98.7 cm³/mol. The van der Waals surface area contributed by atoms with Crippen molar-refractivity contribution < 1.29 is 32.5 Å². The Bertz CT molecular complexity index is 917. The summed E-state index contributed by atoms with van der Waals surface area (Å²) >= 11 is 0. The normalized spacial score (nSPS) is 11.3. The van der Waals surface area contributed by atoms with Gasteiger partial charge in [0.05, 0.1) is 34.7 Å². The standard InChI is InChI=1S/C17H20N2O7S/c1-23-12-5-6-16(13(9-12)24-2)27(21,22)19-18-10-11-7-14(25-3)17(20)15(8-11)26-4/h5-10,19-20H,1-4H3. The number of ether oxygens (including phenoxy) is 4. The lowest BCUT2D eigenvalue weighted by Crippen LogP contribution is -2.19. The number of hydrogen-bond acceptors (Lipinski definition) is 8. The van der Waals surface area contributed by atoms with Gasteiger partial charge in [-0.1, -0.05) is 0 Å². The number of phenols is 1. The maximum Gasteiger partial charge on any atom is 0.280 e. The molecule has 2 aromatic rings. The fourth-order valence-corrected chi connectivity index (χ4v) is 3.15. The molecule has 0 aliphatic carbocycles. The molecule has 10 heteroatoms. The monoisotopic (exact) mass is 396 g/mol. The van der Waals surface area contributed by atoms with Gasteiger partial charge in [-0.2, -0.15) is 18.4 Å². The molecule has 0 amide bonds. The van der Waals surface area contributed by atoms with Gasteiger partial charge in [-0.25, -0.2) is 0 Å². The highest BCUT2D eigenvalue weighted by molar-refractivity contribution is 7.89. The molecule has 27 heavy (non-hydrogen) atoms. The number of nitrogens with zero attached hydrogens (tertiary/aromatic N) is 1. The van der Waals surface area contributed by atoms with Crippen molar-refractivity contribution in [3.8, 4) is 28.7 Å². The lowest BCUT2D eigenvalue weighted by molar-refractivity contribution is 0.340. The summed E-state index contributed by atoms with van der Waals surface area (Å²) in [6, 6.07) is 7.25. The van der Waals surface area contributed by atoms with E-state index in [1.165, 1.54) is 65.0 Å². The van der Waals surface area contributed by atoms with E-state index in [4.69, 9.17) is 18.9 Å². The van der Waals surface area contributed by atoms with Crippen molar-refractivity contribution in [3.63, 3.8) is 0 Å². The third-order valence-corrected chi connectivity index (χ3v) is 4.81.